The van der Waals surface area contributed by atoms with E-state index >= 15 is 0 Å². The van der Waals surface area contributed by atoms with Gasteiger partial charge >= 0.3 is 0 Å². The summed E-state index contributed by atoms with van der Waals surface area (Å²) in [5.74, 6) is -0.408. The summed E-state index contributed by atoms with van der Waals surface area (Å²) in [6.07, 6.45) is 0.976. The van der Waals surface area contributed by atoms with E-state index in [1.54, 1.807) is 6.07 Å². The zero-order chi connectivity index (χ0) is 14.7. The first-order valence-electron chi connectivity index (χ1n) is 6.16. The first kappa shape index (κ1) is 16.2. The molecule has 0 bridgehead atoms. The van der Waals surface area contributed by atoms with E-state index in [0.717, 1.165) is 27.9 Å². The van der Waals surface area contributed by atoms with E-state index in [9.17, 15) is 4.39 Å². The highest BCUT2D eigenvalue weighted by atomic mass is 79.9. The third kappa shape index (κ3) is 3.55. The van der Waals surface area contributed by atoms with E-state index in [-0.39, 0.29) is 11.1 Å². The summed E-state index contributed by atoms with van der Waals surface area (Å²) < 4.78 is 15.2. The van der Waals surface area contributed by atoms with E-state index in [1.807, 2.05) is 12.1 Å². The van der Waals surface area contributed by atoms with Gasteiger partial charge in [-0.2, -0.15) is 0 Å². The zero-order valence-electron chi connectivity index (χ0n) is 10.7. The Labute approximate surface area is 140 Å². The smallest absolute Gasteiger partial charge is 0.142 e. The van der Waals surface area contributed by atoms with Crippen LogP contribution in [-0.4, -0.2) is 6.54 Å². The van der Waals surface area contributed by atoms with Crippen LogP contribution in [0.3, 0.4) is 0 Å². The van der Waals surface area contributed by atoms with Crippen LogP contribution in [0.1, 0.15) is 29.8 Å². The van der Waals surface area contributed by atoms with Gasteiger partial charge in [-0.15, -0.1) is 11.3 Å². The Bertz CT molecular complexity index is 583. The Morgan fingerprint density at radius 2 is 2.15 bits per heavy atom. The molecule has 2 rings (SSSR count). The normalized spacial score (nSPS) is 12.7. The predicted molar refractivity (Wildman–Crippen MR) is 88.6 cm³/mol. The summed E-state index contributed by atoms with van der Waals surface area (Å²) in [6, 6.07) is 6.65. The molecule has 0 amide bonds. The lowest BCUT2D eigenvalue weighted by Crippen LogP contribution is -2.22. The molecule has 108 valence electrons. The second kappa shape index (κ2) is 7.23. The number of benzene rings is 1. The Balaban J connectivity index is 2.44. The molecule has 1 unspecified atom stereocenters. The second-order valence-corrected chi connectivity index (χ2v) is 7.22. The van der Waals surface area contributed by atoms with E-state index in [4.69, 9.17) is 23.2 Å². The lowest BCUT2D eigenvalue weighted by molar-refractivity contribution is 0.591. The Hall–Kier alpha value is -0.130. The van der Waals surface area contributed by atoms with Gasteiger partial charge in [0.25, 0.3) is 0 Å². The van der Waals surface area contributed by atoms with Crippen LogP contribution in [0.5, 0.6) is 0 Å². The van der Waals surface area contributed by atoms with Gasteiger partial charge in [0.1, 0.15) is 10.2 Å². The van der Waals surface area contributed by atoms with Crippen molar-refractivity contribution in [2.45, 2.75) is 19.4 Å². The number of nitrogens with one attached hydrogen (secondary N) is 1. The molecule has 0 saturated carbocycles. The van der Waals surface area contributed by atoms with Gasteiger partial charge in [0.05, 0.1) is 11.1 Å². The first-order chi connectivity index (χ1) is 9.54. The quantitative estimate of drug-likeness (QED) is 0.648. The molecule has 20 heavy (non-hydrogen) atoms. The monoisotopic (exact) mass is 395 g/mol. The van der Waals surface area contributed by atoms with E-state index in [2.05, 4.69) is 28.2 Å². The van der Waals surface area contributed by atoms with Crippen molar-refractivity contribution in [2.24, 2.45) is 0 Å². The summed E-state index contributed by atoms with van der Waals surface area (Å²) in [7, 11) is 0. The van der Waals surface area contributed by atoms with Crippen molar-refractivity contribution in [1.82, 2.24) is 5.32 Å². The van der Waals surface area contributed by atoms with Gasteiger partial charge in [-0.1, -0.05) is 42.3 Å². The highest BCUT2D eigenvalue weighted by Gasteiger charge is 2.21. The summed E-state index contributed by atoms with van der Waals surface area (Å²) in [5, 5.41) is 3.54. The highest BCUT2D eigenvalue weighted by molar-refractivity contribution is 9.10. The van der Waals surface area contributed by atoms with Crippen LogP contribution in [0.2, 0.25) is 9.36 Å². The number of halogens is 4. The van der Waals surface area contributed by atoms with Crippen LogP contribution >= 0.6 is 50.5 Å². The minimum absolute atomic E-state index is 0.154. The number of hydrogen-bond donors (Lipinski definition) is 1. The van der Waals surface area contributed by atoms with Gasteiger partial charge in [-0.05, 0) is 46.6 Å². The molecule has 1 N–H and O–H groups in total. The van der Waals surface area contributed by atoms with Crippen LogP contribution in [0.15, 0.2) is 28.7 Å². The van der Waals surface area contributed by atoms with Crippen molar-refractivity contribution in [3.05, 3.63) is 54.4 Å². The molecule has 1 aromatic carbocycles. The topological polar surface area (TPSA) is 12.0 Å². The van der Waals surface area contributed by atoms with Gasteiger partial charge in [-0.3, -0.25) is 0 Å². The lowest BCUT2D eigenvalue weighted by Gasteiger charge is -2.19. The molecule has 1 heterocycles. The van der Waals surface area contributed by atoms with Crippen molar-refractivity contribution >= 4 is 50.5 Å². The fraction of sp³-hybridized carbons (Fsp3) is 0.286. The van der Waals surface area contributed by atoms with Gasteiger partial charge in [-0.25, -0.2) is 4.39 Å². The average molecular weight is 397 g/mol. The van der Waals surface area contributed by atoms with Crippen molar-refractivity contribution in [3.8, 4) is 0 Å². The molecule has 0 aliphatic rings. The summed E-state index contributed by atoms with van der Waals surface area (Å²) in [5.41, 5.74) is 0.727. The molecule has 0 saturated heterocycles. The fourth-order valence-electron chi connectivity index (χ4n) is 1.90. The van der Waals surface area contributed by atoms with Crippen LogP contribution in [0.4, 0.5) is 4.39 Å². The lowest BCUT2D eigenvalue weighted by atomic mass is 10.0. The standard InChI is InChI=1S/C14H13BrCl2FNS/c1-2-6-19-13(11-7-9(15)14(17)20-11)8-4-3-5-10(18)12(8)16/h3-5,7,13,19H,2,6H2,1H3. The largest absolute Gasteiger partial charge is 0.306 e. The molecule has 0 fully saturated rings. The number of thiophene rings is 1. The third-order valence-corrected chi connectivity index (χ3v) is 5.78. The molecule has 6 heteroatoms. The highest BCUT2D eigenvalue weighted by Crippen LogP contribution is 2.39. The maximum atomic E-state index is 13.7. The van der Waals surface area contributed by atoms with Crippen molar-refractivity contribution < 1.29 is 4.39 Å². The van der Waals surface area contributed by atoms with Crippen molar-refractivity contribution in [2.75, 3.05) is 6.54 Å². The Kier molecular flexibility index (Phi) is 5.87. The van der Waals surface area contributed by atoms with Gasteiger partial charge < -0.3 is 5.32 Å². The molecular weight excluding hydrogens is 384 g/mol. The molecule has 1 atom stereocenters. The van der Waals surface area contributed by atoms with Gasteiger partial charge in [0.15, 0.2) is 0 Å². The first-order valence-corrected chi connectivity index (χ1v) is 8.53. The van der Waals surface area contributed by atoms with E-state index < -0.39 is 5.82 Å². The predicted octanol–water partition coefficient (Wildman–Crippen LogP) is 6.05. The minimum atomic E-state index is -0.408. The van der Waals surface area contributed by atoms with Crippen LogP contribution < -0.4 is 5.32 Å². The Morgan fingerprint density at radius 1 is 1.40 bits per heavy atom. The maximum Gasteiger partial charge on any atom is 0.142 e. The SMILES string of the molecule is CCCNC(c1cc(Br)c(Cl)s1)c1cccc(F)c1Cl. The molecule has 0 aliphatic heterocycles. The van der Waals surface area contributed by atoms with Gasteiger partial charge in [0.2, 0.25) is 0 Å². The molecule has 1 aromatic heterocycles. The van der Waals surface area contributed by atoms with Crippen molar-refractivity contribution in [1.29, 1.82) is 0 Å². The van der Waals surface area contributed by atoms with E-state index in [1.165, 1.54) is 17.4 Å². The molecule has 1 nitrogen and oxygen atoms in total. The fourth-order valence-corrected chi connectivity index (χ4v) is 3.97. The summed E-state index contributed by atoms with van der Waals surface area (Å²) >= 11 is 17.1. The summed E-state index contributed by atoms with van der Waals surface area (Å²) in [4.78, 5) is 1.00. The van der Waals surface area contributed by atoms with Crippen LogP contribution in [0, 0.1) is 5.82 Å². The molecular formula is C14H13BrCl2FNS. The third-order valence-electron chi connectivity index (χ3n) is 2.84. The Morgan fingerprint density at radius 3 is 2.75 bits per heavy atom. The van der Waals surface area contributed by atoms with Crippen LogP contribution in [-0.2, 0) is 0 Å². The average Bonchev–Trinajstić information content (AvgIpc) is 2.74. The number of rotatable bonds is 5. The minimum Gasteiger partial charge on any atom is -0.306 e. The zero-order valence-corrected chi connectivity index (χ0v) is 14.6. The molecule has 0 radical (unpaired) electrons. The van der Waals surface area contributed by atoms with Gasteiger partial charge in [0, 0.05) is 9.35 Å². The van der Waals surface area contributed by atoms with Crippen LogP contribution in [0.25, 0.3) is 0 Å². The summed E-state index contributed by atoms with van der Waals surface area (Å²) in [6.45, 7) is 2.89. The second-order valence-electron chi connectivity index (χ2n) is 4.30. The maximum absolute atomic E-state index is 13.7. The van der Waals surface area contributed by atoms with E-state index in [0.29, 0.717) is 4.34 Å². The van der Waals surface area contributed by atoms with Crippen molar-refractivity contribution in [3.63, 3.8) is 0 Å². The molecule has 2 aromatic rings. The molecule has 0 aliphatic carbocycles. The molecule has 0 spiro atoms. The number of hydrogen-bond acceptors (Lipinski definition) is 2.